The number of nitrogens with one attached hydrogen (secondary N) is 1. The van der Waals surface area contributed by atoms with Crippen LogP contribution in [-0.4, -0.2) is 26.6 Å². The van der Waals surface area contributed by atoms with Crippen molar-refractivity contribution in [3.05, 3.63) is 83.7 Å². The van der Waals surface area contributed by atoms with E-state index in [9.17, 15) is 22.8 Å². The summed E-state index contributed by atoms with van der Waals surface area (Å²) in [7, 11) is 0. The van der Waals surface area contributed by atoms with Gasteiger partial charge in [-0.05, 0) is 36.8 Å². The first-order chi connectivity index (χ1) is 14.2. The highest BCUT2D eigenvalue weighted by atomic mass is 19.4. The lowest BCUT2D eigenvalue weighted by Crippen LogP contribution is -2.41. The van der Waals surface area contributed by atoms with Gasteiger partial charge >= 0.3 is 12.2 Å². The molecule has 1 aliphatic heterocycles. The number of carbonyl (C=O) groups is 2. The predicted octanol–water partition coefficient (Wildman–Crippen LogP) is 3.86. The van der Waals surface area contributed by atoms with Crippen molar-refractivity contribution in [1.29, 1.82) is 0 Å². The number of para-hydroxylation sites is 1. The molecule has 30 heavy (non-hydrogen) atoms. The fraction of sp³-hybridized carbons (Fsp3) is 0.190. The van der Waals surface area contributed by atoms with Crippen molar-refractivity contribution in [2.75, 3.05) is 0 Å². The van der Waals surface area contributed by atoms with Crippen molar-refractivity contribution >= 4 is 11.9 Å². The molecule has 1 saturated heterocycles. The molecule has 0 saturated carbocycles. The zero-order chi connectivity index (χ0) is 21.5. The molecule has 2 aromatic carbocycles. The first kappa shape index (κ1) is 19.7. The quantitative estimate of drug-likeness (QED) is 0.660. The molecule has 0 radical (unpaired) electrons. The van der Waals surface area contributed by atoms with Crippen LogP contribution in [0, 0.1) is 0 Å². The Bertz CT molecular complexity index is 1110. The third kappa shape index (κ3) is 3.42. The Morgan fingerprint density at radius 3 is 2.50 bits per heavy atom. The largest absolute Gasteiger partial charge is 0.416 e. The number of hydrogen-bond acceptors (Lipinski definition) is 3. The average Bonchev–Trinajstić information content (AvgIpc) is 3.28. The topological polar surface area (TPSA) is 67.2 Å². The van der Waals surface area contributed by atoms with E-state index in [1.165, 1.54) is 25.3 Å². The summed E-state index contributed by atoms with van der Waals surface area (Å²) >= 11 is 0. The lowest BCUT2D eigenvalue weighted by atomic mass is 9.90. The number of alkyl halides is 3. The van der Waals surface area contributed by atoms with Crippen molar-refractivity contribution in [1.82, 2.24) is 20.0 Å². The first-order valence-electron chi connectivity index (χ1n) is 9.09. The van der Waals surface area contributed by atoms with Gasteiger partial charge in [0.05, 0.1) is 24.0 Å². The van der Waals surface area contributed by atoms with Gasteiger partial charge in [0.2, 0.25) is 0 Å². The van der Waals surface area contributed by atoms with E-state index >= 15 is 0 Å². The van der Waals surface area contributed by atoms with Crippen LogP contribution in [0.3, 0.4) is 0 Å². The van der Waals surface area contributed by atoms with Crippen LogP contribution in [-0.2, 0) is 23.1 Å². The second kappa shape index (κ2) is 7.01. The van der Waals surface area contributed by atoms with Crippen molar-refractivity contribution < 1.29 is 22.8 Å². The fourth-order valence-corrected chi connectivity index (χ4v) is 3.39. The van der Waals surface area contributed by atoms with Gasteiger partial charge < -0.3 is 5.32 Å². The Morgan fingerprint density at radius 1 is 1.07 bits per heavy atom. The number of aromatic nitrogens is 2. The van der Waals surface area contributed by atoms with Crippen LogP contribution in [0.4, 0.5) is 18.0 Å². The Morgan fingerprint density at radius 2 is 1.80 bits per heavy atom. The van der Waals surface area contributed by atoms with Crippen molar-refractivity contribution in [2.24, 2.45) is 0 Å². The van der Waals surface area contributed by atoms with Crippen LogP contribution >= 0.6 is 0 Å². The standard InChI is InChI=1S/C21H17F3N4O2/c1-20(15-6-5-7-16(10-15)21(22,23)24)18(29)27(19(30)26-20)12-14-11-25-28(13-14)17-8-3-2-4-9-17/h2-11,13H,12H2,1H3,(H,26,30). The molecular formula is C21H17F3N4O2. The number of rotatable bonds is 4. The van der Waals surface area contributed by atoms with Crippen molar-refractivity contribution in [2.45, 2.75) is 25.2 Å². The van der Waals surface area contributed by atoms with Gasteiger partial charge in [0.25, 0.3) is 5.91 Å². The molecule has 4 rings (SSSR count). The zero-order valence-corrected chi connectivity index (χ0v) is 15.8. The SMILES string of the molecule is CC1(c2cccc(C(F)(F)F)c2)NC(=O)N(Cc2cnn(-c3ccccc3)c2)C1=O. The highest BCUT2D eigenvalue weighted by Crippen LogP contribution is 2.35. The minimum atomic E-state index is -4.55. The van der Waals surface area contributed by atoms with Gasteiger partial charge in [-0.15, -0.1) is 0 Å². The molecule has 1 aliphatic rings. The number of halogens is 3. The van der Waals surface area contributed by atoms with E-state index in [2.05, 4.69) is 10.4 Å². The third-order valence-electron chi connectivity index (χ3n) is 5.04. The van der Waals surface area contributed by atoms with Gasteiger partial charge in [0.15, 0.2) is 0 Å². The summed E-state index contributed by atoms with van der Waals surface area (Å²) in [6, 6.07) is 13.0. The van der Waals surface area contributed by atoms with Gasteiger partial charge in [-0.1, -0.05) is 30.3 Å². The molecule has 1 aromatic heterocycles. The Labute approximate surface area is 169 Å². The van der Waals surface area contributed by atoms with Crippen LogP contribution in [0.5, 0.6) is 0 Å². The molecule has 1 N–H and O–H groups in total. The summed E-state index contributed by atoms with van der Waals surface area (Å²) < 4.78 is 40.8. The summed E-state index contributed by atoms with van der Waals surface area (Å²) in [6.07, 6.45) is -1.33. The van der Waals surface area contributed by atoms with E-state index in [1.807, 2.05) is 30.3 Å². The van der Waals surface area contributed by atoms with Crippen molar-refractivity contribution in [3.8, 4) is 5.69 Å². The Balaban J connectivity index is 1.58. The molecule has 0 aliphatic carbocycles. The number of amides is 3. The normalized spacial score (nSPS) is 19.3. The first-order valence-corrected chi connectivity index (χ1v) is 9.09. The molecule has 9 heteroatoms. The van der Waals surface area contributed by atoms with E-state index in [0.29, 0.717) is 5.56 Å². The van der Waals surface area contributed by atoms with Crippen molar-refractivity contribution in [3.63, 3.8) is 0 Å². The molecule has 0 spiro atoms. The summed E-state index contributed by atoms with van der Waals surface area (Å²) in [5.74, 6) is -0.626. The molecule has 6 nitrogen and oxygen atoms in total. The summed E-state index contributed by atoms with van der Waals surface area (Å²) in [6.45, 7) is 1.35. The van der Waals surface area contributed by atoms with E-state index in [1.54, 1.807) is 10.9 Å². The maximum atomic E-state index is 13.1. The maximum absolute atomic E-state index is 13.1. The Kier molecular flexibility index (Phi) is 4.60. The Hall–Kier alpha value is -3.62. The summed E-state index contributed by atoms with van der Waals surface area (Å²) in [4.78, 5) is 26.5. The average molecular weight is 414 g/mol. The second-order valence-electron chi connectivity index (χ2n) is 7.15. The smallest absolute Gasteiger partial charge is 0.319 e. The monoisotopic (exact) mass is 414 g/mol. The molecule has 3 aromatic rings. The van der Waals surface area contributed by atoms with E-state index in [0.717, 1.165) is 22.7 Å². The number of nitrogens with zero attached hydrogens (tertiary/aromatic N) is 3. The number of benzene rings is 2. The molecule has 3 amide bonds. The summed E-state index contributed by atoms with van der Waals surface area (Å²) in [5.41, 5.74) is -0.984. The number of urea groups is 1. The van der Waals surface area contributed by atoms with Crippen LogP contribution in [0.15, 0.2) is 67.0 Å². The minimum absolute atomic E-state index is 0.0496. The highest BCUT2D eigenvalue weighted by molar-refractivity contribution is 6.07. The molecular weight excluding hydrogens is 397 g/mol. The molecule has 1 atom stereocenters. The molecule has 0 bridgehead atoms. The van der Waals surface area contributed by atoms with E-state index in [4.69, 9.17) is 0 Å². The second-order valence-corrected chi connectivity index (χ2v) is 7.15. The fourth-order valence-electron chi connectivity index (χ4n) is 3.39. The number of hydrogen-bond donors (Lipinski definition) is 1. The van der Waals surface area contributed by atoms with E-state index < -0.39 is 29.2 Å². The van der Waals surface area contributed by atoms with Gasteiger partial charge in [-0.25, -0.2) is 9.48 Å². The molecule has 2 heterocycles. The molecule has 154 valence electrons. The third-order valence-corrected chi connectivity index (χ3v) is 5.04. The summed E-state index contributed by atoms with van der Waals surface area (Å²) in [5, 5.41) is 6.76. The molecule has 1 fully saturated rings. The van der Waals surface area contributed by atoms with Gasteiger partial charge in [0.1, 0.15) is 5.54 Å². The number of carbonyl (C=O) groups excluding carboxylic acids is 2. The lowest BCUT2D eigenvalue weighted by Gasteiger charge is -2.23. The van der Waals surface area contributed by atoms with Gasteiger partial charge in [-0.3, -0.25) is 9.69 Å². The van der Waals surface area contributed by atoms with Crippen LogP contribution in [0.1, 0.15) is 23.6 Å². The van der Waals surface area contributed by atoms with Gasteiger partial charge in [-0.2, -0.15) is 18.3 Å². The highest BCUT2D eigenvalue weighted by Gasteiger charge is 2.49. The zero-order valence-electron chi connectivity index (χ0n) is 15.8. The predicted molar refractivity (Wildman–Crippen MR) is 101 cm³/mol. The van der Waals surface area contributed by atoms with Crippen LogP contribution in [0.2, 0.25) is 0 Å². The van der Waals surface area contributed by atoms with Crippen LogP contribution < -0.4 is 5.32 Å². The van der Waals surface area contributed by atoms with E-state index in [-0.39, 0.29) is 12.1 Å². The molecule has 1 unspecified atom stereocenters. The van der Waals surface area contributed by atoms with Gasteiger partial charge in [0, 0.05) is 11.8 Å². The lowest BCUT2D eigenvalue weighted by molar-refractivity contribution is -0.138. The maximum Gasteiger partial charge on any atom is 0.416 e. The number of imide groups is 1. The van der Waals surface area contributed by atoms with Crippen LogP contribution in [0.25, 0.3) is 5.69 Å². The minimum Gasteiger partial charge on any atom is -0.319 e.